The molecule has 0 amide bonds. The van der Waals surface area contributed by atoms with Gasteiger partial charge in [-0.2, -0.15) is 0 Å². The van der Waals surface area contributed by atoms with Crippen LogP contribution in [0.4, 0.5) is 0 Å². The average Bonchev–Trinajstić information content (AvgIpc) is 3.69. The van der Waals surface area contributed by atoms with E-state index in [1.807, 2.05) is 109 Å². The maximum absolute atomic E-state index is 9.68. The molecule has 2 aromatic heterocycles. The second-order valence-corrected chi connectivity index (χ2v) is 11.2. The van der Waals surface area contributed by atoms with Gasteiger partial charge in [0.05, 0.1) is 15.1 Å². The van der Waals surface area contributed by atoms with Gasteiger partial charge in [-0.15, -0.1) is 0 Å². The number of furan rings is 1. The van der Waals surface area contributed by atoms with Crippen molar-refractivity contribution >= 4 is 21.9 Å². The van der Waals surface area contributed by atoms with Crippen molar-refractivity contribution in [1.82, 2.24) is 15.0 Å². The van der Waals surface area contributed by atoms with Gasteiger partial charge in [0.25, 0.3) is 0 Å². The van der Waals surface area contributed by atoms with Gasteiger partial charge in [-0.1, -0.05) is 145 Å². The number of benzene rings is 7. The maximum Gasteiger partial charge on any atom is 0.164 e. The van der Waals surface area contributed by atoms with Crippen LogP contribution in [0.3, 0.4) is 0 Å². The van der Waals surface area contributed by atoms with Crippen molar-refractivity contribution in [3.8, 4) is 67.5 Å². The van der Waals surface area contributed by atoms with Crippen LogP contribution in [0.1, 0.15) is 15.1 Å². The van der Waals surface area contributed by atoms with E-state index in [-0.39, 0.29) is 50.5 Å². The summed E-state index contributed by atoms with van der Waals surface area (Å²) in [7, 11) is 0. The highest BCUT2D eigenvalue weighted by atomic mass is 16.3. The Hall–Kier alpha value is -6.65. The van der Waals surface area contributed by atoms with Crippen LogP contribution in [0.2, 0.25) is 0 Å². The van der Waals surface area contributed by atoms with E-state index in [4.69, 9.17) is 31.7 Å². The van der Waals surface area contributed by atoms with Crippen LogP contribution in [-0.4, -0.2) is 15.0 Å². The highest BCUT2D eigenvalue weighted by Gasteiger charge is 2.17. The molecule has 49 heavy (non-hydrogen) atoms. The molecule has 230 valence electrons. The molecule has 0 aliphatic rings. The first-order valence-electron chi connectivity index (χ1n) is 21.0. The number of hydrogen-bond donors (Lipinski definition) is 0. The van der Waals surface area contributed by atoms with Gasteiger partial charge >= 0.3 is 0 Å². The van der Waals surface area contributed by atoms with Gasteiger partial charge in [0.1, 0.15) is 11.2 Å². The van der Waals surface area contributed by atoms with Gasteiger partial charge in [0, 0.05) is 27.5 Å². The number of aromatic nitrogens is 3. The molecular weight excluding hydrogens is 599 g/mol. The molecule has 7 aromatic carbocycles. The Balaban J connectivity index is 1.34. The Labute approximate surface area is 299 Å². The van der Waals surface area contributed by atoms with Gasteiger partial charge in [-0.3, -0.25) is 0 Å². The Morgan fingerprint density at radius 2 is 1.00 bits per heavy atom. The summed E-state index contributed by atoms with van der Waals surface area (Å²) in [6, 6.07) is 28.0. The van der Waals surface area contributed by atoms with Crippen LogP contribution in [0.25, 0.3) is 89.5 Å². The van der Waals surface area contributed by atoms with E-state index in [1.165, 1.54) is 0 Å². The number of hydrogen-bond acceptors (Lipinski definition) is 4. The van der Waals surface area contributed by atoms with Gasteiger partial charge in [0.2, 0.25) is 0 Å². The predicted molar refractivity (Wildman–Crippen MR) is 200 cm³/mol. The zero-order valence-electron chi connectivity index (χ0n) is 36.6. The van der Waals surface area contributed by atoms with Crippen molar-refractivity contribution in [2.75, 3.05) is 0 Å². The van der Waals surface area contributed by atoms with Crippen LogP contribution in [0.5, 0.6) is 0 Å². The fraction of sp³-hybridized carbons (Fsp3) is 0. The van der Waals surface area contributed by atoms with Crippen LogP contribution in [0, 0.1) is 0 Å². The topological polar surface area (TPSA) is 51.8 Å². The molecule has 0 aliphatic carbocycles. The minimum Gasteiger partial charge on any atom is -0.456 e. The molecule has 0 unspecified atom stereocenters. The van der Waals surface area contributed by atoms with E-state index >= 15 is 0 Å². The van der Waals surface area contributed by atoms with Crippen molar-refractivity contribution in [1.29, 1.82) is 0 Å². The van der Waals surface area contributed by atoms with Crippen LogP contribution in [-0.2, 0) is 0 Å². The van der Waals surface area contributed by atoms with E-state index < -0.39 is 72.0 Å². The Bertz CT molecular complexity index is 3180. The van der Waals surface area contributed by atoms with Crippen LogP contribution in [0.15, 0.2) is 180 Å². The van der Waals surface area contributed by atoms with Crippen molar-refractivity contribution in [3.05, 3.63) is 176 Å². The fourth-order valence-corrected chi connectivity index (χ4v) is 5.78. The zero-order valence-corrected chi connectivity index (χ0v) is 25.6. The van der Waals surface area contributed by atoms with E-state index in [0.717, 1.165) is 22.3 Å². The zero-order chi connectivity index (χ0) is 42.1. The minimum atomic E-state index is -0.687. The molecule has 0 bridgehead atoms. The van der Waals surface area contributed by atoms with E-state index in [1.54, 1.807) is 0 Å². The third-order valence-corrected chi connectivity index (χ3v) is 8.16. The minimum absolute atomic E-state index is 0.134. The molecule has 2 heterocycles. The van der Waals surface area contributed by atoms with E-state index in [9.17, 15) is 2.74 Å². The molecule has 0 saturated carbocycles. The summed E-state index contributed by atoms with van der Waals surface area (Å²) in [5, 5.41) is -0.359. The molecule has 0 saturated heterocycles. The lowest BCUT2D eigenvalue weighted by atomic mass is 9.99. The van der Waals surface area contributed by atoms with E-state index in [0.29, 0.717) is 11.1 Å². The second-order valence-electron chi connectivity index (χ2n) is 11.2. The highest BCUT2D eigenvalue weighted by molar-refractivity contribution is 6.13. The van der Waals surface area contributed by atoms with Crippen molar-refractivity contribution in [2.24, 2.45) is 0 Å². The third-order valence-electron chi connectivity index (χ3n) is 8.16. The molecule has 0 atom stereocenters. The third kappa shape index (κ3) is 5.45. The fourth-order valence-electron chi connectivity index (χ4n) is 5.78. The lowest BCUT2D eigenvalue weighted by Crippen LogP contribution is -2.00. The summed E-state index contributed by atoms with van der Waals surface area (Å²) in [5.41, 5.74) is 3.35. The SMILES string of the molecule is [2H]c1c([2H])c([2H])c(-c2c([2H])c([2H])c([2H])c3oc4c([2H])c([2H])c(-c5nc(-c6ccc(-c7ccccc7)cc6)nc(-c6cccc(-c7ccccc7)c6)n5)c([2H])c4c23)c([2H])c1[2H]. The summed E-state index contributed by atoms with van der Waals surface area (Å²) in [5.74, 6) is 0.288. The Morgan fingerprint density at radius 1 is 0.408 bits per heavy atom. The smallest absolute Gasteiger partial charge is 0.164 e. The molecular formula is C45H29N3O. The predicted octanol–water partition coefficient (Wildman–Crippen LogP) is 11.8. The molecule has 0 spiro atoms. The number of rotatable bonds is 6. The largest absolute Gasteiger partial charge is 0.456 e. The van der Waals surface area contributed by atoms with E-state index in [2.05, 4.69) is 0 Å². The first-order valence-corrected chi connectivity index (χ1v) is 15.5. The average molecular weight is 639 g/mol. The normalized spacial score (nSPS) is 14.4. The summed E-state index contributed by atoms with van der Waals surface area (Å²) in [6.45, 7) is 0. The molecule has 4 heteroatoms. The first kappa shape index (κ1) is 19.2. The molecule has 9 rings (SSSR count). The van der Waals surface area contributed by atoms with Crippen molar-refractivity contribution in [2.45, 2.75) is 0 Å². The molecule has 0 aliphatic heterocycles. The van der Waals surface area contributed by atoms with Gasteiger partial charge in [0.15, 0.2) is 17.5 Å². The summed E-state index contributed by atoms with van der Waals surface area (Å²) < 4.78 is 103. The van der Waals surface area contributed by atoms with Crippen molar-refractivity contribution in [3.63, 3.8) is 0 Å². The molecule has 0 radical (unpaired) electrons. The summed E-state index contributed by atoms with van der Waals surface area (Å²) >= 11 is 0. The highest BCUT2D eigenvalue weighted by Crippen LogP contribution is 2.38. The molecule has 4 nitrogen and oxygen atoms in total. The molecule has 0 N–H and O–H groups in total. The van der Waals surface area contributed by atoms with Crippen LogP contribution >= 0.6 is 0 Å². The van der Waals surface area contributed by atoms with Crippen LogP contribution < -0.4 is 0 Å². The quantitative estimate of drug-likeness (QED) is 0.182. The summed E-state index contributed by atoms with van der Waals surface area (Å²) in [6.07, 6.45) is 0. The standard InChI is InChI=1S/C45H29N3O/c1-4-12-30(13-5-1)32-22-24-34(25-23-32)43-46-44(36-19-10-18-35(28-36)31-14-6-2-7-15-31)48-45(47-43)37-26-27-40-39(29-37)42-38(20-11-21-41(42)49-40)33-16-8-3-9-17-33/h1-29H/i3D,8D,9D,11D,16D,17D,20D,21D,26D,27D,29D. The first-order chi connectivity index (χ1) is 28.8. The lowest BCUT2D eigenvalue weighted by molar-refractivity contribution is 0.669. The second kappa shape index (κ2) is 12.2. The molecule has 9 aromatic rings. The Morgan fingerprint density at radius 3 is 1.73 bits per heavy atom. The number of nitrogens with zero attached hydrogens (tertiary/aromatic N) is 3. The lowest BCUT2D eigenvalue weighted by Gasteiger charge is -2.10. The van der Waals surface area contributed by atoms with Gasteiger partial charge in [-0.25, -0.2) is 15.0 Å². The van der Waals surface area contributed by atoms with Gasteiger partial charge < -0.3 is 4.42 Å². The van der Waals surface area contributed by atoms with Crippen molar-refractivity contribution < 1.29 is 19.5 Å². The Kier molecular flexibility index (Phi) is 4.78. The number of fused-ring (bicyclic) bond motifs is 3. The van der Waals surface area contributed by atoms with Gasteiger partial charge in [-0.05, 0) is 63.6 Å². The monoisotopic (exact) mass is 638 g/mol. The molecule has 0 fully saturated rings. The maximum atomic E-state index is 9.68. The summed E-state index contributed by atoms with van der Waals surface area (Å²) in [4.78, 5) is 14.5.